The first-order chi connectivity index (χ1) is 5.52. The van der Waals surface area contributed by atoms with Crippen LogP contribution < -0.4 is 11.3 Å². The van der Waals surface area contributed by atoms with E-state index in [4.69, 9.17) is 10.8 Å². The Kier molecular flexibility index (Phi) is 1.86. The smallest absolute Gasteiger partial charge is 0.338 e. The number of aromatic nitrogens is 1. The SMILES string of the molecule is Cc1cc(C(=O)O)c(N)c(=O)[nH]1. The second-order valence-corrected chi connectivity index (χ2v) is 2.41. The number of carboxylic acid groups (broad SMARTS) is 1. The number of aromatic carboxylic acids is 1. The summed E-state index contributed by atoms with van der Waals surface area (Å²) >= 11 is 0. The van der Waals surface area contributed by atoms with Gasteiger partial charge in [0, 0.05) is 5.69 Å². The van der Waals surface area contributed by atoms with Gasteiger partial charge in [-0.2, -0.15) is 0 Å². The predicted molar refractivity (Wildman–Crippen MR) is 43.2 cm³/mol. The molecule has 1 aromatic rings. The van der Waals surface area contributed by atoms with Crippen molar-refractivity contribution in [3.05, 3.63) is 27.7 Å². The van der Waals surface area contributed by atoms with Crippen LogP contribution in [0.4, 0.5) is 5.69 Å². The fraction of sp³-hybridized carbons (Fsp3) is 0.143. The van der Waals surface area contributed by atoms with Gasteiger partial charge >= 0.3 is 5.97 Å². The molecule has 1 aromatic heterocycles. The number of nitrogen functional groups attached to an aromatic ring is 1. The molecule has 0 fully saturated rings. The van der Waals surface area contributed by atoms with E-state index >= 15 is 0 Å². The lowest BCUT2D eigenvalue weighted by atomic mass is 10.2. The molecule has 0 aliphatic heterocycles. The van der Waals surface area contributed by atoms with E-state index in [0.717, 1.165) is 0 Å². The molecule has 64 valence electrons. The van der Waals surface area contributed by atoms with E-state index in [0.29, 0.717) is 5.69 Å². The minimum atomic E-state index is -1.19. The van der Waals surface area contributed by atoms with Crippen molar-refractivity contribution in [3.63, 3.8) is 0 Å². The summed E-state index contributed by atoms with van der Waals surface area (Å²) in [6, 6.07) is 1.32. The summed E-state index contributed by atoms with van der Waals surface area (Å²) in [6.45, 7) is 1.59. The minimum absolute atomic E-state index is 0.156. The minimum Gasteiger partial charge on any atom is -0.478 e. The lowest BCUT2D eigenvalue weighted by molar-refractivity contribution is 0.0697. The Morgan fingerprint density at radius 2 is 2.25 bits per heavy atom. The second kappa shape index (κ2) is 2.69. The number of rotatable bonds is 1. The number of aromatic amines is 1. The van der Waals surface area contributed by atoms with E-state index in [2.05, 4.69) is 4.98 Å². The number of anilines is 1. The molecule has 0 amide bonds. The van der Waals surface area contributed by atoms with Gasteiger partial charge in [-0.05, 0) is 13.0 Å². The molecule has 0 aliphatic rings. The molecule has 0 aliphatic carbocycles. The van der Waals surface area contributed by atoms with Gasteiger partial charge in [0.2, 0.25) is 0 Å². The number of pyridine rings is 1. The quantitative estimate of drug-likeness (QED) is 0.548. The summed E-state index contributed by atoms with van der Waals surface area (Å²) in [4.78, 5) is 23.8. The van der Waals surface area contributed by atoms with Crippen molar-refractivity contribution in [2.45, 2.75) is 6.92 Å². The number of nitrogens with two attached hydrogens (primary N) is 1. The molecule has 0 atom stereocenters. The lowest BCUT2D eigenvalue weighted by Crippen LogP contribution is -2.17. The van der Waals surface area contributed by atoms with Crippen LogP contribution >= 0.6 is 0 Å². The average Bonchev–Trinajstić information content (AvgIpc) is 1.96. The van der Waals surface area contributed by atoms with Crippen LogP contribution in [0.25, 0.3) is 0 Å². The maximum absolute atomic E-state index is 10.9. The van der Waals surface area contributed by atoms with Crippen LogP contribution in [0.2, 0.25) is 0 Å². The van der Waals surface area contributed by atoms with Crippen LogP contribution in [0.15, 0.2) is 10.9 Å². The summed E-state index contributed by atoms with van der Waals surface area (Å²) in [5.41, 5.74) is 4.73. The van der Waals surface area contributed by atoms with Crippen molar-refractivity contribution in [1.29, 1.82) is 0 Å². The predicted octanol–water partition coefficient (Wildman–Crippen LogP) is -0.0363. The molecule has 0 radical (unpaired) electrons. The highest BCUT2D eigenvalue weighted by Crippen LogP contribution is 2.05. The molecule has 0 bridgehead atoms. The van der Waals surface area contributed by atoms with Crippen molar-refractivity contribution in [2.75, 3.05) is 5.73 Å². The monoisotopic (exact) mass is 168 g/mol. The Hall–Kier alpha value is -1.78. The molecule has 1 heterocycles. The van der Waals surface area contributed by atoms with Gasteiger partial charge in [0.15, 0.2) is 0 Å². The van der Waals surface area contributed by atoms with Gasteiger partial charge in [-0.3, -0.25) is 4.79 Å². The summed E-state index contributed by atoms with van der Waals surface area (Å²) < 4.78 is 0. The molecule has 4 N–H and O–H groups in total. The maximum Gasteiger partial charge on any atom is 0.338 e. The van der Waals surface area contributed by atoms with Gasteiger partial charge in [-0.1, -0.05) is 0 Å². The van der Waals surface area contributed by atoms with Crippen molar-refractivity contribution < 1.29 is 9.90 Å². The topological polar surface area (TPSA) is 96.2 Å². The molecule has 5 nitrogen and oxygen atoms in total. The zero-order valence-corrected chi connectivity index (χ0v) is 6.42. The number of aryl methyl sites for hydroxylation is 1. The Labute approximate surface area is 67.8 Å². The van der Waals surface area contributed by atoms with E-state index in [-0.39, 0.29) is 11.3 Å². The van der Waals surface area contributed by atoms with E-state index in [1.807, 2.05) is 0 Å². The third-order valence-electron chi connectivity index (χ3n) is 1.44. The summed E-state index contributed by atoms with van der Waals surface area (Å²) in [6.07, 6.45) is 0. The Morgan fingerprint density at radius 1 is 1.67 bits per heavy atom. The van der Waals surface area contributed by atoms with E-state index < -0.39 is 11.5 Å². The number of carboxylic acids is 1. The molecule has 1 rings (SSSR count). The first-order valence-corrected chi connectivity index (χ1v) is 3.25. The highest BCUT2D eigenvalue weighted by atomic mass is 16.4. The second-order valence-electron chi connectivity index (χ2n) is 2.41. The molecular formula is C7H8N2O3. The highest BCUT2D eigenvalue weighted by Gasteiger charge is 2.10. The standard InChI is InChI=1S/C7H8N2O3/c1-3-2-4(7(11)12)5(8)6(10)9-3/h2H,8H2,1H3,(H,9,10)(H,11,12). The van der Waals surface area contributed by atoms with Gasteiger partial charge in [0.25, 0.3) is 5.56 Å². The van der Waals surface area contributed by atoms with E-state index in [9.17, 15) is 9.59 Å². The molecule has 12 heavy (non-hydrogen) atoms. The largest absolute Gasteiger partial charge is 0.478 e. The van der Waals surface area contributed by atoms with Gasteiger partial charge < -0.3 is 15.8 Å². The number of hydrogen-bond donors (Lipinski definition) is 3. The number of nitrogens with one attached hydrogen (secondary N) is 1. The van der Waals surface area contributed by atoms with Crippen LogP contribution in [-0.4, -0.2) is 16.1 Å². The molecule has 0 spiro atoms. The van der Waals surface area contributed by atoms with Gasteiger partial charge in [0.1, 0.15) is 5.69 Å². The molecule has 0 aromatic carbocycles. The molecule has 0 saturated carbocycles. The van der Waals surface area contributed by atoms with Crippen LogP contribution in [0.5, 0.6) is 0 Å². The van der Waals surface area contributed by atoms with Crippen LogP contribution in [-0.2, 0) is 0 Å². The fourth-order valence-electron chi connectivity index (χ4n) is 0.876. The summed E-state index contributed by atoms with van der Waals surface area (Å²) in [5.74, 6) is -1.19. The van der Waals surface area contributed by atoms with Crippen LogP contribution in [0.1, 0.15) is 16.1 Å². The first kappa shape index (κ1) is 8.32. The van der Waals surface area contributed by atoms with Crippen molar-refractivity contribution in [1.82, 2.24) is 4.98 Å². The van der Waals surface area contributed by atoms with Crippen LogP contribution in [0, 0.1) is 6.92 Å². The summed E-state index contributed by atoms with van der Waals surface area (Å²) in [5, 5.41) is 8.58. The van der Waals surface area contributed by atoms with Crippen molar-refractivity contribution in [2.24, 2.45) is 0 Å². The summed E-state index contributed by atoms with van der Waals surface area (Å²) in [7, 11) is 0. The molecular weight excluding hydrogens is 160 g/mol. The third kappa shape index (κ3) is 1.29. The highest BCUT2D eigenvalue weighted by molar-refractivity contribution is 5.93. The Bertz CT molecular complexity index is 381. The number of H-pyrrole nitrogens is 1. The Balaban J connectivity index is 3.48. The van der Waals surface area contributed by atoms with Gasteiger partial charge in [-0.25, -0.2) is 4.79 Å². The number of hydrogen-bond acceptors (Lipinski definition) is 3. The molecule has 0 unspecified atom stereocenters. The van der Waals surface area contributed by atoms with E-state index in [1.54, 1.807) is 6.92 Å². The van der Waals surface area contributed by atoms with Crippen LogP contribution in [0.3, 0.4) is 0 Å². The average molecular weight is 168 g/mol. The maximum atomic E-state index is 10.9. The zero-order valence-electron chi connectivity index (χ0n) is 6.42. The fourth-order valence-corrected chi connectivity index (χ4v) is 0.876. The molecule has 5 heteroatoms. The number of carbonyl (C=O) groups is 1. The van der Waals surface area contributed by atoms with E-state index in [1.165, 1.54) is 6.07 Å². The molecule has 0 saturated heterocycles. The lowest BCUT2D eigenvalue weighted by Gasteiger charge is -1.99. The third-order valence-corrected chi connectivity index (χ3v) is 1.44. The Morgan fingerprint density at radius 3 is 2.75 bits per heavy atom. The van der Waals surface area contributed by atoms with Gasteiger partial charge in [0.05, 0.1) is 5.56 Å². The first-order valence-electron chi connectivity index (χ1n) is 3.25. The van der Waals surface area contributed by atoms with Gasteiger partial charge in [-0.15, -0.1) is 0 Å². The van der Waals surface area contributed by atoms with Crippen molar-refractivity contribution in [3.8, 4) is 0 Å². The van der Waals surface area contributed by atoms with Crippen molar-refractivity contribution >= 4 is 11.7 Å². The normalized spacial score (nSPS) is 9.75. The zero-order chi connectivity index (χ0) is 9.30.